The molecule has 0 aliphatic heterocycles. The minimum atomic E-state index is -3.56. The van der Waals surface area contributed by atoms with Crippen LogP contribution >= 0.6 is 0 Å². The zero-order valence-electron chi connectivity index (χ0n) is 23.7. The van der Waals surface area contributed by atoms with Crippen LogP contribution in [0.3, 0.4) is 0 Å². The average Bonchev–Trinajstić information content (AvgIpc) is 2.70. The van der Waals surface area contributed by atoms with Gasteiger partial charge in [0, 0.05) is 18.5 Å². The van der Waals surface area contributed by atoms with Gasteiger partial charge in [0.1, 0.15) is 11.5 Å². The molecule has 2 rings (SSSR count). The van der Waals surface area contributed by atoms with Crippen molar-refractivity contribution in [3.63, 3.8) is 0 Å². The highest BCUT2D eigenvalue weighted by Crippen LogP contribution is 2.40. The molecule has 3 N–H and O–H groups in total. The number of carbonyl (C=O) groups is 1. The first-order chi connectivity index (χ1) is 16.8. The number of rotatable bonds is 12. The van der Waals surface area contributed by atoms with Gasteiger partial charge in [-0.2, -0.15) is 0 Å². The number of phenolic OH excluding ortho intramolecular Hbond substituents is 1. The van der Waals surface area contributed by atoms with Gasteiger partial charge in [-0.1, -0.05) is 51.1 Å². The van der Waals surface area contributed by atoms with E-state index in [1.807, 2.05) is 12.1 Å². The van der Waals surface area contributed by atoms with E-state index in [2.05, 4.69) is 69.9 Å². The lowest BCUT2D eigenvalue weighted by molar-refractivity contribution is -0.116. The highest BCUT2D eigenvalue weighted by Gasteiger charge is 2.40. The topological polar surface area (TPSA) is 105 Å². The van der Waals surface area contributed by atoms with Crippen LogP contribution in [0.1, 0.15) is 64.3 Å². The fourth-order valence-corrected chi connectivity index (χ4v) is 5.72. The van der Waals surface area contributed by atoms with E-state index in [-0.39, 0.29) is 33.9 Å². The molecule has 0 bridgehead atoms. The van der Waals surface area contributed by atoms with Crippen molar-refractivity contribution < 1.29 is 22.7 Å². The summed E-state index contributed by atoms with van der Waals surface area (Å²) in [7, 11) is -5.76. The van der Waals surface area contributed by atoms with Gasteiger partial charge < -0.3 is 14.8 Å². The summed E-state index contributed by atoms with van der Waals surface area (Å²) >= 11 is 0. The second-order valence-electron chi connectivity index (χ2n) is 12.2. The maximum absolute atomic E-state index is 11.8. The molecule has 1 atom stereocenters. The molecule has 0 saturated heterocycles. The molecule has 0 saturated carbocycles. The predicted molar refractivity (Wildman–Crippen MR) is 154 cm³/mol. The van der Waals surface area contributed by atoms with Crippen LogP contribution < -0.4 is 10.0 Å². The molecular weight excluding hydrogens is 504 g/mol. The summed E-state index contributed by atoms with van der Waals surface area (Å²) in [5.74, 6) is -0.00207. The Morgan fingerprint density at radius 3 is 2.24 bits per heavy atom. The van der Waals surface area contributed by atoms with Crippen molar-refractivity contribution in [1.82, 2.24) is 5.32 Å². The lowest BCUT2D eigenvalue weighted by atomic mass is 9.93. The maximum Gasteiger partial charge on any atom is 0.229 e. The van der Waals surface area contributed by atoms with Crippen LogP contribution in [0.5, 0.6) is 5.75 Å². The molecule has 0 spiro atoms. The molecule has 206 valence electrons. The SMILES string of the molecule is CC(=O)Cc1cccc(CC(C)(C)NC[C@@H](O[Si](C)(C)C(C)(C)C)c2ccc(O)c(NS(C)(=O)=O)c2)c1. The molecule has 0 unspecified atom stereocenters. The van der Waals surface area contributed by atoms with Crippen LogP contribution in [0, 0.1) is 0 Å². The zero-order chi connectivity index (χ0) is 28.2. The number of Topliss-reactive ketones (excluding diaryl/α,β-unsaturated/α-hetero) is 1. The van der Waals surface area contributed by atoms with E-state index in [9.17, 15) is 18.3 Å². The lowest BCUT2D eigenvalue weighted by Gasteiger charge is -2.40. The molecule has 0 radical (unpaired) electrons. The number of phenols is 1. The van der Waals surface area contributed by atoms with Crippen molar-refractivity contribution in [3.8, 4) is 5.75 Å². The molecule has 9 heteroatoms. The Kier molecular flexibility index (Phi) is 9.79. The fourth-order valence-electron chi connectivity index (χ4n) is 3.87. The van der Waals surface area contributed by atoms with Gasteiger partial charge in [0.15, 0.2) is 8.32 Å². The number of ketones is 1. The molecule has 2 aromatic rings. The first kappa shape index (κ1) is 31.0. The van der Waals surface area contributed by atoms with E-state index in [0.29, 0.717) is 13.0 Å². The summed E-state index contributed by atoms with van der Waals surface area (Å²) in [4.78, 5) is 11.6. The van der Waals surface area contributed by atoms with Crippen LogP contribution in [0.4, 0.5) is 5.69 Å². The lowest BCUT2D eigenvalue weighted by Crippen LogP contribution is -2.47. The second-order valence-corrected chi connectivity index (χ2v) is 18.7. The number of benzene rings is 2. The Morgan fingerprint density at radius 2 is 1.68 bits per heavy atom. The molecule has 0 fully saturated rings. The van der Waals surface area contributed by atoms with E-state index >= 15 is 0 Å². The number of aromatic hydroxyl groups is 1. The van der Waals surface area contributed by atoms with Crippen molar-refractivity contribution in [2.24, 2.45) is 0 Å². The van der Waals surface area contributed by atoms with Crippen LogP contribution in [0.25, 0.3) is 0 Å². The number of carbonyl (C=O) groups excluding carboxylic acids is 1. The number of sulfonamides is 1. The molecule has 0 aliphatic rings. The Balaban J connectivity index is 2.32. The van der Waals surface area contributed by atoms with E-state index in [1.54, 1.807) is 19.1 Å². The minimum Gasteiger partial charge on any atom is -0.506 e. The number of anilines is 1. The van der Waals surface area contributed by atoms with Gasteiger partial charge >= 0.3 is 0 Å². The third kappa shape index (κ3) is 9.88. The van der Waals surface area contributed by atoms with Gasteiger partial charge in [0.05, 0.1) is 18.0 Å². The third-order valence-corrected chi connectivity index (χ3v) is 11.9. The summed E-state index contributed by atoms with van der Waals surface area (Å²) in [6.45, 7) is 17.2. The second kappa shape index (κ2) is 11.7. The number of hydrogen-bond acceptors (Lipinski definition) is 6. The molecule has 37 heavy (non-hydrogen) atoms. The van der Waals surface area contributed by atoms with Gasteiger partial charge in [0.2, 0.25) is 10.0 Å². The van der Waals surface area contributed by atoms with Gasteiger partial charge in [-0.15, -0.1) is 0 Å². The van der Waals surface area contributed by atoms with E-state index in [4.69, 9.17) is 4.43 Å². The van der Waals surface area contributed by atoms with Crippen molar-refractivity contribution in [1.29, 1.82) is 0 Å². The molecule has 0 amide bonds. The average molecular weight is 549 g/mol. The Morgan fingerprint density at radius 1 is 1.05 bits per heavy atom. The van der Waals surface area contributed by atoms with E-state index in [0.717, 1.165) is 29.4 Å². The van der Waals surface area contributed by atoms with Crippen molar-refractivity contribution in [3.05, 3.63) is 59.2 Å². The Bertz CT molecular complexity index is 1200. The first-order valence-corrected chi connectivity index (χ1v) is 17.4. The number of hydrogen-bond donors (Lipinski definition) is 3. The largest absolute Gasteiger partial charge is 0.506 e. The van der Waals surface area contributed by atoms with E-state index < -0.39 is 18.3 Å². The van der Waals surface area contributed by atoms with E-state index in [1.165, 1.54) is 6.07 Å². The molecular formula is C28H44N2O5SSi. The number of nitrogens with one attached hydrogen (secondary N) is 2. The molecule has 0 heterocycles. The third-order valence-electron chi connectivity index (χ3n) is 6.79. The Hall–Kier alpha value is -2.20. The van der Waals surface area contributed by atoms with Crippen LogP contribution in [-0.4, -0.2) is 46.0 Å². The minimum absolute atomic E-state index is 0.0251. The van der Waals surface area contributed by atoms with Gasteiger partial charge in [-0.3, -0.25) is 9.52 Å². The zero-order valence-corrected chi connectivity index (χ0v) is 25.5. The van der Waals surface area contributed by atoms with Crippen LogP contribution in [0.15, 0.2) is 42.5 Å². The monoisotopic (exact) mass is 548 g/mol. The summed E-state index contributed by atoms with van der Waals surface area (Å²) in [6, 6.07) is 13.0. The summed E-state index contributed by atoms with van der Waals surface area (Å²) < 4.78 is 32.9. The van der Waals surface area contributed by atoms with Gasteiger partial charge in [-0.05, 0) is 74.1 Å². The fraction of sp³-hybridized carbons (Fsp3) is 0.536. The molecule has 2 aromatic carbocycles. The van der Waals surface area contributed by atoms with Gasteiger partial charge in [0.25, 0.3) is 0 Å². The standard InChI is InChI=1S/C28H44N2O5SSi/c1-20(31)15-21-11-10-12-22(16-21)18-28(5,6)29-19-26(35-37(8,9)27(2,3)4)23-13-14-25(32)24(17-23)30-36(7,33)34/h10-14,16-17,26,29-30,32H,15,18-19H2,1-9H3/t26-/m1/s1. The van der Waals surface area contributed by atoms with Crippen LogP contribution in [0.2, 0.25) is 18.1 Å². The van der Waals surface area contributed by atoms with Gasteiger partial charge in [-0.25, -0.2) is 8.42 Å². The first-order valence-electron chi connectivity index (χ1n) is 12.6. The predicted octanol–water partition coefficient (Wildman–Crippen LogP) is 5.57. The summed E-state index contributed by atoms with van der Waals surface area (Å²) in [5, 5.41) is 13.9. The summed E-state index contributed by atoms with van der Waals surface area (Å²) in [6.07, 6.45) is 1.87. The van der Waals surface area contributed by atoms with Crippen molar-refractivity contribution >= 4 is 29.8 Å². The highest BCUT2D eigenvalue weighted by atomic mass is 32.2. The maximum atomic E-state index is 11.8. The normalized spacial score (nSPS) is 13.9. The summed E-state index contributed by atoms with van der Waals surface area (Å²) in [5.41, 5.74) is 2.78. The van der Waals surface area contributed by atoms with Crippen molar-refractivity contribution in [2.45, 2.75) is 84.2 Å². The molecule has 0 aromatic heterocycles. The highest BCUT2D eigenvalue weighted by molar-refractivity contribution is 7.92. The molecule has 7 nitrogen and oxygen atoms in total. The smallest absolute Gasteiger partial charge is 0.229 e. The van der Waals surface area contributed by atoms with Crippen molar-refractivity contribution in [2.75, 3.05) is 17.5 Å². The van der Waals surface area contributed by atoms with Crippen LogP contribution in [-0.2, 0) is 32.1 Å². The quantitative estimate of drug-likeness (QED) is 0.237. The molecule has 0 aliphatic carbocycles. The Labute approximate surface area is 224 Å².